The molecule has 0 atom stereocenters. The SMILES string of the molecule is COCCc1ccccc1Nc1ccc(N)nn1. The second-order valence-corrected chi connectivity index (χ2v) is 3.87. The van der Waals surface area contributed by atoms with E-state index < -0.39 is 0 Å². The molecule has 0 saturated carbocycles. The Morgan fingerprint density at radius 1 is 1.17 bits per heavy atom. The summed E-state index contributed by atoms with van der Waals surface area (Å²) in [6.45, 7) is 0.687. The van der Waals surface area contributed by atoms with Crippen molar-refractivity contribution in [3.63, 3.8) is 0 Å². The maximum Gasteiger partial charge on any atom is 0.153 e. The lowest BCUT2D eigenvalue weighted by Crippen LogP contribution is -2.02. The third-order valence-electron chi connectivity index (χ3n) is 2.54. The number of ether oxygens (including phenoxy) is 1. The van der Waals surface area contributed by atoms with Crippen LogP contribution in [0.3, 0.4) is 0 Å². The van der Waals surface area contributed by atoms with Gasteiger partial charge in [-0.15, -0.1) is 10.2 Å². The maximum absolute atomic E-state index is 5.50. The highest BCUT2D eigenvalue weighted by Gasteiger charge is 2.03. The van der Waals surface area contributed by atoms with Gasteiger partial charge in [-0.3, -0.25) is 0 Å². The van der Waals surface area contributed by atoms with Gasteiger partial charge < -0.3 is 15.8 Å². The molecule has 0 fully saturated rings. The lowest BCUT2D eigenvalue weighted by molar-refractivity contribution is 0.202. The average Bonchev–Trinajstić information content (AvgIpc) is 2.40. The summed E-state index contributed by atoms with van der Waals surface area (Å²) in [5.41, 5.74) is 7.68. The minimum Gasteiger partial charge on any atom is -0.384 e. The lowest BCUT2D eigenvalue weighted by atomic mass is 10.1. The average molecular weight is 244 g/mol. The van der Waals surface area contributed by atoms with Gasteiger partial charge >= 0.3 is 0 Å². The van der Waals surface area contributed by atoms with E-state index in [1.54, 1.807) is 19.2 Å². The summed E-state index contributed by atoms with van der Waals surface area (Å²) in [5, 5.41) is 11.0. The summed E-state index contributed by atoms with van der Waals surface area (Å²) in [7, 11) is 1.70. The number of anilines is 3. The fourth-order valence-electron chi connectivity index (χ4n) is 1.62. The van der Waals surface area contributed by atoms with Crippen molar-refractivity contribution in [2.45, 2.75) is 6.42 Å². The molecule has 0 aliphatic carbocycles. The molecule has 5 heteroatoms. The molecule has 18 heavy (non-hydrogen) atoms. The molecule has 0 unspecified atom stereocenters. The van der Waals surface area contributed by atoms with Crippen molar-refractivity contribution in [3.05, 3.63) is 42.0 Å². The van der Waals surface area contributed by atoms with Crippen LogP contribution in [0.1, 0.15) is 5.56 Å². The Labute approximate surface area is 106 Å². The van der Waals surface area contributed by atoms with E-state index in [2.05, 4.69) is 21.6 Å². The predicted octanol–water partition coefficient (Wildman–Crippen LogP) is 1.99. The number of aromatic nitrogens is 2. The number of hydrogen-bond donors (Lipinski definition) is 2. The monoisotopic (exact) mass is 244 g/mol. The van der Waals surface area contributed by atoms with E-state index in [-0.39, 0.29) is 0 Å². The summed E-state index contributed by atoms with van der Waals surface area (Å²) in [5.74, 6) is 1.09. The molecule has 2 rings (SSSR count). The topological polar surface area (TPSA) is 73.1 Å². The number of methoxy groups -OCH3 is 1. The number of nitrogen functional groups attached to an aromatic ring is 1. The van der Waals surface area contributed by atoms with Gasteiger partial charge in [-0.1, -0.05) is 18.2 Å². The molecule has 2 aromatic rings. The van der Waals surface area contributed by atoms with Crippen LogP contribution in [-0.2, 0) is 11.2 Å². The number of hydrogen-bond acceptors (Lipinski definition) is 5. The number of nitrogens with two attached hydrogens (primary N) is 1. The van der Waals surface area contributed by atoms with Gasteiger partial charge in [0.15, 0.2) is 5.82 Å². The second-order valence-electron chi connectivity index (χ2n) is 3.87. The Bertz CT molecular complexity index is 499. The lowest BCUT2D eigenvalue weighted by Gasteiger charge is -2.10. The quantitative estimate of drug-likeness (QED) is 0.841. The van der Waals surface area contributed by atoms with Gasteiger partial charge in [0.25, 0.3) is 0 Å². The third kappa shape index (κ3) is 3.18. The molecule has 5 nitrogen and oxygen atoms in total. The molecule has 94 valence electrons. The van der Waals surface area contributed by atoms with Crippen LogP contribution in [0.5, 0.6) is 0 Å². The molecule has 0 radical (unpaired) electrons. The van der Waals surface area contributed by atoms with Crippen molar-refractivity contribution in [3.8, 4) is 0 Å². The van der Waals surface area contributed by atoms with Crippen molar-refractivity contribution in [2.24, 2.45) is 0 Å². The Morgan fingerprint density at radius 2 is 2.00 bits per heavy atom. The van der Waals surface area contributed by atoms with Crippen molar-refractivity contribution in [1.29, 1.82) is 0 Å². The molecule has 1 heterocycles. The molecular formula is C13H16N4O. The third-order valence-corrected chi connectivity index (χ3v) is 2.54. The summed E-state index contributed by atoms with van der Waals surface area (Å²) in [4.78, 5) is 0. The number of para-hydroxylation sites is 1. The summed E-state index contributed by atoms with van der Waals surface area (Å²) in [6, 6.07) is 11.6. The number of benzene rings is 1. The van der Waals surface area contributed by atoms with E-state index in [9.17, 15) is 0 Å². The highest BCUT2D eigenvalue weighted by atomic mass is 16.5. The molecule has 0 amide bonds. The van der Waals surface area contributed by atoms with E-state index >= 15 is 0 Å². The van der Waals surface area contributed by atoms with Gasteiger partial charge in [-0.05, 0) is 30.2 Å². The molecule has 0 aliphatic rings. The number of rotatable bonds is 5. The van der Waals surface area contributed by atoms with E-state index in [1.807, 2.05) is 18.2 Å². The fourth-order valence-corrected chi connectivity index (χ4v) is 1.62. The summed E-state index contributed by atoms with van der Waals surface area (Å²) in [6.07, 6.45) is 0.849. The smallest absolute Gasteiger partial charge is 0.153 e. The van der Waals surface area contributed by atoms with Crippen molar-refractivity contribution in [1.82, 2.24) is 10.2 Å². The minimum absolute atomic E-state index is 0.410. The molecule has 1 aromatic carbocycles. The molecule has 0 saturated heterocycles. The Balaban J connectivity index is 2.15. The van der Waals surface area contributed by atoms with Gasteiger partial charge in [0.2, 0.25) is 0 Å². The van der Waals surface area contributed by atoms with E-state index in [0.717, 1.165) is 12.1 Å². The van der Waals surface area contributed by atoms with Crippen LogP contribution in [0.25, 0.3) is 0 Å². The van der Waals surface area contributed by atoms with Gasteiger partial charge in [-0.2, -0.15) is 0 Å². The Hall–Kier alpha value is -2.14. The van der Waals surface area contributed by atoms with Gasteiger partial charge in [0.1, 0.15) is 5.82 Å². The molecule has 0 spiro atoms. The van der Waals surface area contributed by atoms with Gasteiger partial charge in [0.05, 0.1) is 6.61 Å². The first-order chi connectivity index (χ1) is 8.79. The largest absolute Gasteiger partial charge is 0.384 e. The Kier molecular flexibility index (Phi) is 4.09. The predicted molar refractivity (Wildman–Crippen MR) is 71.7 cm³/mol. The summed E-state index contributed by atoms with van der Waals surface area (Å²) < 4.78 is 5.09. The maximum atomic E-state index is 5.50. The van der Waals surface area contributed by atoms with Crippen molar-refractivity contribution >= 4 is 17.3 Å². The highest BCUT2D eigenvalue weighted by molar-refractivity contribution is 5.60. The standard InChI is InChI=1S/C13H16N4O/c1-18-9-8-10-4-2-3-5-11(10)15-13-7-6-12(14)16-17-13/h2-7H,8-9H2,1H3,(H2,14,16)(H,15,17). The van der Waals surface area contributed by atoms with Crippen LogP contribution in [0.4, 0.5) is 17.3 Å². The number of nitrogens with zero attached hydrogens (tertiary/aromatic N) is 2. The van der Waals surface area contributed by atoms with Gasteiger partial charge in [0, 0.05) is 12.8 Å². The molecular weight excluding hydrogens is 228 g/mol. The van der Waals surface area contributed by atoms with Crippen LogP contribution in [0.15, 0.2) is 36.4 Å². The van der Waals surface area contributed by atoms with E-state index in [0.29, 0.717) is 18.2 Å². The zero-order chi connectivity index (χ0) is 12.8. The first kappa shape index (κ1) is 12.3. The van der Waals surface area contributed by atoms with Crippen LogP contribution in [-0.4, -0.2) is 23.9 Å². The second kappa shape index (κ2) is 5.97. The van der Waals surface area contributed by atoms with Crippen LogP contribution < -0.4 is 11.1 Å². The van der Waals surface area contributed by atoms with Gasteiger partial charge in [-0.25, -0.2) is 0 Å². The summed E-state index contributed by atoms with van der Waals surface area (Å²) >= 11 is 0. The molecule has 0 bridgehead atoms. The van der Waals surface area contributed by atoms with Crippen LogP contribution >= 0.6 is 0 Å². The zero-order valence-corrected chi connectivity index (χ0v) is 10.3. The zero-order valence-electron chi connectivity index (χ0n) is 10.3. The fraction of sp³-hybridized carbons (Fsp3) is 0.231. The van der Waals surface area contributed by atoms with Crippen LogP contribution in [0, 0.1) is 0 Å². The first-order valence-electron chi connectivity index (χ1n) is 5.72. The Morgan fingerprint density at radius 3 is 2.72 bits per heavy atom. The highest BCUT2D eigenvalue weighted by Crippen LogP contribution is 2.19. The number of nitrogens with one attached hydrogen (secondary N) is 1. The first-order valence-corrected chi connectivity index (χ1v) is 5.72. The molecule has 0 aliphatic heterocycles. The van der Waals surface area contributed by atoms with Crippen molar-refractivity contribution in [2.75, 3.05) is 24.8 Å². The molecule has 1 aromatic heterocycles. The van der Waals surface area contributed by atoms with Crippen LogP contribution in [0.2, 0.25) is 0 Å². The molecule has 3 N–H and O–H groups in total. The minimum atomic E-state index is 0.410. The van der Waals surface area contributed by atoms with Crippen molar-refractivity contribution < 1.29 is 4.74 Å². The normalized spacial score (nSPS) is 10.3. The van der Waals surface area contributed by atoms with E-state index in [4.69, 9.17) is 10.5 Å². The van der Waals surface area contributed by atoms with E-state index in [1.165, 1.54) is 5.56 Å².